The summed E-state index contributed by atoms with van der Waals surface area (Å²) in [7, 11) is 0. The first-order chi connectivity index (χ1) is 15.6. The van der Waals surface area contributed by atoms with Crippen molar-refractivity contribution in [1.82, 2.24) is 9.88 Å². The molecule has 0 radical (unpaired) electrons. The second-order valence-electron chi connectivity index (χ2n) is 8.26. The van der Waals surface area contributed by atoms with Crippen molar-refractivity contribution in [3.63, 3.8) is 0 Å². The van der Waals surface area contributed by atoms with Crippen molar-refractivity contribution in [2.24, 2.45) is 0 Å². The van der Waals surface area contributed by atoms with Gasteiger partial charge >= 0.3 is 12.4 Å². The summed E-state index contributed by atoms with van der Waals surface area (Å²) in [5, 5.41) is 11.1. The van der Waals surface area contributed by atoms with Crippen molar-refractivity contribution in [1.29, 1.82) is 0 Å². The van der Waals surface area contributed by atoms with Crippen molar-refractivity contribution < 1.29 is 31.4 Å². The topological polar surface area (TPSA) is 36.4 Å². The number of benzene rings is 2. The Labute approximate surface area is 186 Å². The largest absolute Gasteiger partial charge is 0.433 e. The van der Waals surface area contributed by atoms with Crippen molar-refractivity contribution in [3.05, 3.63) is 77.0 Å². The molecule has 0 amide bonds. The van der Waals surface area contributed by atoms with E-state index in [2.05, 4.69) is 4.98 Å². The second-order valence-corrected chi connectivity index (χ2v) is 8.26. The van der Waals surface area contributed by atoms with Crippen molar-refractivity contribution in [2.45, 2.75) is 50.3 Å². The Morgan fingerprint density at radius 3 is 2.33 bits per heavy atom. The van der Waals surface area contributed by atoms with Crippen LogP contribution in [0.5, 0.6) is 0 Å². The molecule has 4 rings (SSSR count). The molecule has 1 unspecified atom stereocenters. The minimum Gasteiger partial charge on any atom is -0.387 e. The average molecular weight is 468 g/mol. The van der Waals surface area contributed by atoms with E-state index in [-0.39, 0.29) is 10.9 Å². The zero-order valence-electron chi connectivity index (χ0n) is 17.5. The minimum atomic E-state index is -4.96. The number of aliphatic hydroxyl groups is 1. The second kappa shape index (κ2) is 8.95. The van der Waals surface area contributed by atoms with Gasteiger partial charge in [0.25, 0.3) is 0 Å². The van der Waals surface area contributed by atoms with Gasteiger partial charge in [0.1, 0.15) is 5.69 Å². The Kier molecular flexibility index (Phi) is 6.37. The van der Waals surface area contributed by atoms with Crippen LogP contribution in [0, 0.1) is 0 Å². The van der Waals surface area contributed by atoms with Gasteiger partial charge in [-0.15, -0.1) is 0 Å². The van der Waals surface area contributed by atoms with E-state index in [0.717, 1.165) is 24.5 Å². The molecule has 0 aliphatic carbocycles. The quantitative estimate of drug-likeness (QED) is 0.453. The number of alkyl halides is 6. The van der Waals surface area contributed by atoms with Crippen molar-refractivity contribution in [2.75, 3.05) is 6.54 Å². The van der Waals surface area contributed by atoms with E-state index in [4.69, 9.17) is 0 Å². The molecule has 0 spiro atoms. The lowest BCUT2D eigenvalue weighted by Crippen LogP contribution is -2.42. The highest BCUT2D eigenvalue weighted by Crippen LogP contribution is 2.41. The normalized spacial score (nSPS) is 19.1. The molecule has 33 heavy (non-hydrogen) atoms. The van der Waals surface area contributed by atoms with Gasteiger partial charge in [-0.2, -0.15) is 26.3 Å². The molecule has 9 heteroatoms. The van der Waals surface area contributed by atoms with Crippen LogP contribution in [-0.4, -0.2) is 27.6 Å². The number of hydrogen-bond acceptors (Lipinski definition) is 3. The lowest BCUT2D eigenvalue weighted by molar-refractivity contribution is -0.142. The summed E-state index contributed by atoms with van der Waals surface area (Å²) >= 11 is 0. The fraction of sp³-hybridized carbons (Fsp3) is 0.375. The zero-order chi connectivity index (χ0) is 23.8. The van der Waals surface area contributed by atoms with E-state index in [1.807, 2.05) is 35.2 Å². The fourth-order valence-corrected chi connectivity index (χ4v) is 4.49. The highest BCUT2D eigenvalue weighted by Gasteiger charge is 2.39. The third-order valence-corrected chi connectivity index (χ3v) is 6.04. The molecule has 1 N–H and O–H groups in total. The molecule has 2 atom stereocenters. The highest BCUT2D eigenvalue weighted by atomic mass is 19.4. The lowest BCUT2D eigenvalue weighted by atomic mass is 9.90. The van der Waals surface area contributed by atoms with Gasteiger partial charge in [0.15, 0.2) is 0 Å². The maximum absolute atomic E-state index is 13.6. The first-order valence-electron chi connectivity index (χ1n) is 10.6. The molecule has 1 aromatic heterocycles. The number of pyridine rings is 1. The fourth-order valence-electron chi connectivity index (χ4n) is 4.49. The molecule has 0 saturated carbocycles. The monoisotopic (exact) mass is 468 g/mol. The van der Waals surface area contributed by atoms with Crippen LogP contribution in [0.1, 0.15) is 47.8 Å². The van der Waals surface area contributed by atoms with Crippen LogP contribution in [0.15, 0.2) is 54.6 Å². The number of halogens is 6. The van der Waals surface area contributed by atoms with Crippen LogP contribution in [0.3, 0.4) is 0 Å². The molecule has 3 aromatic rings. The standard InChI is InChI=1S/C24H22F6N2O/c25-23(26,27)18-10-6-9-16-17(13-20(24(28,29)30)31-21(16)18)22(33)19-11-4-5-12-32(19)14-15-7-2-1-3-8-15/h1-3,6-10,13,19,22,33H,4-5,11-12,14H2/t19-,22?/m0/s1. The number of aliphatic hydroxyl groups excluding tert-OH is 1. The molecule has 2 heterocycles. The third-order valence-electron chi connectivity index (χ3n) is 6.04. The number of aromatic nitrogens is 1. The Bertz CT molecular complexity index is 1110. The third kappa shape index (κ3) is 4.99. The van der Waals surface area contributed by atoms with Crippen LogP contribution in [-0.2, 0) is 18.9 Å². The number of likely N-dealkylation sites (tertiary alicyclic amines) is 1. The number of nitrogens with zero attached hydrogens (tertiary/aromatic N) is 2. The number of rotatable bonds is 4. The Balaban J connectivity index is 1.81. The van der Waals surface area contributed by atoms with E-state index in [1.54, 1.807) is 0 Å². The van der Waals surface area contributed by atoms with Crippen molar-refractivity contribution in [3.8, 4) is 0 Å². The summed E-state index contributed by atoms with van der Waals surface area (Å²) in [6.45, 7) is 1.10. The summed E-state index contributed by atoms with van der Waals surface area (Å²) < 4.78 is 81.3. The molecule has 176 valence electrons. The molecule has 2 aromatic carbocycles. The van der Waals surface area contributed by atoms with Gasteiger partial charge in [-0.25, -0.2) is 4.98 Å². The van der Waals surface area contributed by atoms with Gasteiger partial charge in [0.05, 0.1) is 17.2 Å². The maximum Gasteiger partial charge on any atom is 0.433 e. The van der Waals surface area contributed by atoms with E-state index in [0.29, 0.717) is 31.6 Å². The Morgan fingerprint density at radius 2 is 1.67 bits per heavy atom. The van der Waals surface area contributed by atoms with Gasteiger partial charge in [-0.3, -0.25) is 4.90 Å². The molecular weight excluding hydrogens is 446 g/mol. The molecule has 0 bridgehead atoms. The first kappa shape index (κ1) is 23.5. The number of hydrogen-bond donors (Lipinski definition) is 1. The van der Waals surface area contributed by atoms with Crippen LogP contribution in [0.25, 0.3) is 10.9 Å². The van der Waals surface area contributed by atoms with Crippen LogP contribution in [0.2, 0.25) is 0 Å². The van der Waals surface area contributed by atoms with E-state index >= 15 is 0 Å². The number of para-hydroxylation sites is 1. The van der Waals surface area contributed by atoms with Gasteiger partial charge in [0.2, 0.25) is 0 Å². The van der Waals surface area contributed by atoms with Crippen molar-refractivity contribution >= 4 is 10.9 Å². The average Bonchev–Trinajstić information content (AvgIpc) is 2.77. The Hall–Kier alpha value is -2.65. The summed E-state index contributed by atoms with van der Waals surface area (Å²) in [6.07, 6.45) is -9.13. The highest BCUT2D eigenvalue weighted by molar-refractivity contribution is 5.86. The summed E-state index contributed by atoms with van der Waals surface area (Å²) in [5.41, 5.74) is -2.73. The number of fused-ring (bicyclic) bond motifs is 1. The van der Waals surface area contributed by atoms with Crippen LogP contribution >= 0.6 is 0 Å². The Morgan fingerprint density at radius 1 is 0.939 bits per heavy atom. The lowest BCUT2D eigenvalue weighted by Gasteiger charge is -2.39. The predicted molar refractivity (Wildman–Crippen MR) is 111 cm³/mol. The first-order valence-corrected chi connectivity index (χ1v) is 10.6. The predicted octanol–water partition coefficient (Wildman–Crippen LogP) is 6.36. The summed E-state index contributed by atoms with van der Waals surface area (Å²) in [5.74, 6) is 0. The smallest absolute Gasteiger partial charge is 0.387 e. The zero-order valence-corrected chi connectivity index (χ0v) is 17.5. The van der Waals surface area contributed by atoms with Gasteiger partial charge < -0.3 is 5.11 Å². The molecule has 1 aliphatic rings. The van der Waals surface area contributed by atoms with E-state index in [1.165, 1.54) is 6.07 Å². The molecule has 3 nitrogen and oxygen atoms in total. The molecular formula is C24H22F6N2O. The van der Waals surface area contributed by atoms with Crippen LogP contribution < -0.4 is 0 Å². The van der Waals surface area contributed by atoms with E-state index < -0.39 is 41.3 Å². The van der Waals surface area contributed by atoms with Crippen LogP contribution in [0.4, 0.5) is 26.3 Å². The molecule has 1 saturated heterocycles. The summed E-state index contributed by atoms with van der Waals surface area (Å²) in [4.78, 5) is 5.30. The van der Waals surface area contributed by atoms with Gasteiger partial charge in [-0.1, -0.05) is 48.9 Å². The number of piperidine rings is 1. The van der Waals surface area contributed by atoms with E-state index in [9.17, 15) is 31.4 Å². The summed E-state index contributed by atoms with van der Waals surface area (Å²) in [6, 6.07) is 12.7. The SMILES string of the molecule is OC(c1cc(C(F)(F)F)nc2c(C(F)(F)F)cccc12)[C@@H]1CCCCN1Cc1ccccc1. The maximum atomic E-state index is 13.6. The minimum absolute atomic E-state index is 0.129. The van der Waals surface area contributed by atoms with Gasteiger partial charge in [-0.05, 0) is 42.6 Å². The van der Waals surface area contributed by atoms with Gasteiger partial charge in [0, 0.05) is 18.0 Å². The molecule has 1 fully saturated rings. The molecule has 1 aliphatic heterocycles.